The average Bonchev–Trinajstić information content (AvgIpc) is 2.83. The summed E-state index contributed by atoms with van der Waals surface area (Å²) in [5.41, 5.74) is 3.83. The molecule has 6 nitrogen and oxygen atoms in total. The third-order valence-electron chi connectivity index (χ3n) is 4.87. The van der Waals surface area contributed by atoms with Gasteiger partial charge in [-0.3, -0.25) is 9.97 Å². The highest BCUT2D eigenvalue weighted by Gasteiger charge is 2.15. The predicted octanol–water partition coefficient (Wildman–Crippen LogP) is 5.81. The van der Waals surface area contributed by atoms with E-state index in [1.807, 2.05) is 79.7 Å². The summed E-state index contributed by atoms with van der Waals surface area (Å²) in [6, 6.07) is 22.6. The maximum absolute atomic E-state index is 13.1. The third-order valence-corrected chi connectivity index (χ3v) is 4.87. The van der Waals surface area contributed by atoms with Crippen molar-refractivity contribution in [2.24, 2.45) is 0 Å². The molecule has 0 spiro atoms. The molecule has 0 radical (unpaired) electrons. The number of nitrogens with zero attached hydrogens (tertiary/aromatic N) is 3. The smallest absolute Gasteiger partial charge is 0.322 e. The van der Waals surface area contributed by atoms with Crippen LogP contribution in [0.5, 0.6) is 11.5 Å². The standard InChI is InChI=1S/C26H24N4O2/c1-20-4-8-24(9-5-20)32-25-10-6-23(7-11-25)29-26(31)30(18-21-12-15-27-16-13-21)19-22-3-2-14-28-17-22/h2-17H,18-19H2,1H3,(H,29,31). The van der Waals surface area contributed by atoms with Crippen LogP contribution < -0.4 is 10.1 Å². The number of amides is 2. The average molecular weight is 425 g/mol. The normalized spacial score (nSPS) is 10.4. The molecule has 0 atom stereocenters. The van der Waals surface area contributed by atoms with Crippen LogP contribution >= 0.6 is 0 Å². The topological polar surface area (TPSA) is 67.3 Å². The van der Waals surface area contributed by atoms with E-state index >= 15 is 0 Å². The van der Waals surface area contributed by atoms with Gasteiger partial charge in [-0.15, -0.1) is 0 Å². The van der Waals surface area contributed by atoms with Gasteiger partial charge in [-0.05, 0) is 72.6 Å². The summed E-state index contributed by atoms with van der Waals surface area (Å²) in [5, 5.41) is 2.98. The molecular weight excluding hydrogens is 400 g/mol. The minimum Gasteiger partial charge on any atom is -0.457 e. The minimum absolute atomic E-state index is 0.196. The van der Waals surface area contributed by atoms with Gasteiger partial charge >= 0.3 is 6.03 Å². The Kier molecular flexibility index (Phi) is 6.72. The summed E-state index contributed by atoms with van der Waals surface area (Å²) in [5.74, 6) is 1.48. The number of urea groups is 1. The van der Waals surface area contributed by atoms with E-state index in [1.54, 1.807) is 29.7 Å². The lowest BCUT2D eigenvalue weighted by Crippen LogP contribution is -2.34. The summed E-state index contributed by atoms with van der Waals surface area (Å²) in [7, 11) is 0. The Morgan fingerprint density at radius 3 is 2.12 bits per heavy atom. The molecule has 4 rings (SSSR count). The number of nitrogens with one attached hydrogen (secondary N) is 1. The lowest BCUT2D eigenvalue weighted by molar-refractivity contribution is 0.206. The van der Waals surface area contributed by atoms with E-state index in [0.717, 1.165) is 16.9 Å². The Labute approximate surface area is 187 Å². The molecule has 32 heavy (non-hydrogen) atoms. The number of hydrogen-bond donors (Lipinski definition) is 1. The number of aromatic nitrogens is 2. The zero-order valence-corrected chi connectivity index (χ0v) is 17.8. The fourth-order valence-electron chi connectivity index (χ4n) is 3.17. The monoisotopic (exact) mass is 424 g/mol. The van der Waals surface area contributed by atoms with Crippen molar-refractivity contribution in [3.63, 3.8) is 0 Å². The third kappa shape index (κ3) is 5.92. The zero-order chi connectivity index (χ0) is 22.2. The highest BCUT2D eigenvalue weighted by Crippen LogP contribution is 2.23. The van der Waals surface area contributed by atoms with E-state index < -0.39 is 0 Å². The van der Waals surface area contributed by atoms with Crippen molar-refractivity contribution in [1.29, 1.82) is 0 Å². The molecule has 2 heterocycles. The summed E-state index contributed by atoms with van der Waals surface area (Å²) < 4.78 is 5.86. The number of carbonyl (C=O) groups is 1. The molecule has 0 fully saturated rings. The predicted molar refractivity (Wildman–Crippen MR) is 124 cm³/mol. The first-order valence-electron chi connectivity index (χ1n) is 10.3. The fraction of sp³-hybridized carbons (Fsp3) is 0.115. The first-order chi connectivity index (χ1) is 15.7. The van der Waals surface area contributed by atoms with Crippen molar-refractivity contribution in [3.05, 3.63) is 114 Å². The van der Waals surface area contributed by atoms with Gasteiger partial charge in [-0.1, -0.05) is 23.8 Å². The largest absolute Gasteiger partial charge is 0.457 e. The van der Waals surface area contributed by atoms with Crippen LogP contribution in [0.3, 0.4) is 0 Å². The van der Waals surface area contributed by atoms with Crippen LogP contribution in [-0.2, 0) is 13.1 Å². The molecule has 0 saturated carbocycles. The van der Waals surface area contributed by atoms with E-state index in [0.29, 0.717) is 24.5 Å². The van der Waals surface area contributed by atoms with E-state index in [-0.39, 0.29) is 6.03 Å². The fourth-order valence-corrected chi connectivity index (χ4v) is 3.17. The number of anilines is 1. The molecule has 2 aromatic heterocycles. The number of hydrogen-bond acceptors (Lipinski definition) is 4. The van der Waals surface area contributed by atoms with Crippen molar-refractivity contribution in [2.75, 3.05) is 5.32 Å². The molecule has 0 aliphatic rings. The number of rotatable bonds is 7. The molecule has 0 aliphatic carbocycles. The molecule has 160 valence electrons. The zero-order valence-electron chi connectivity index (χ0n) is 17.8. The minimum atomic E-state index is -0.196. The Bertz CT molecular complexity index is 1090. The van der Waals surface area contributed by atoms with Crippen LogP contribution in [-0.4, -0.2) is 20.9 Å². The van der Waals surface area contributed by atoms with Gasteiger partial charge < -0.3 is 15.0 Å². The summed E-state index contributed by atoms with van der Waals surface area (Å²) in [6.07, 6.45) is 6.94. The molecular formula is C26H24N4O2. The van der Waals surface area contributed by atoms with Crippen LogP contribution in [0.4, 0.5) is 10.5 Å². The first-order valence-corrected chi connectivity index (χ1v) is 10.3. The number of carbonyl (C=O) groups excluding carboxylic acids is 1. The Morgan fingerprint density at radius 1 is 0.812 bits per heavy atom. The van der Waals surface area contributed by atoms with E-state index in [4.69, 9.17) is 4.74 Å². The van der Waals surface area contributed by atoms with Gasteiger partial charge in [0.2, 0.25) is 0 Å². The van der Waals surface area contributed by atoms with Gasteiger partial charge in [0, 0.05) is 43.6 Å². The van der Waals surface area contributed by atoms with Crippen LogP contribution in [0, 0.1) is 6.92 Å². The molecule has 6 heteroatoms. The molecule has 0 saturated heterocycles. The molecule has 0 aliphatic heterocycles. The highest BCUT2D eigenvalue weighted by atomic mass is 16.5. The first kappa shape index (κ1) is 21.1. The number of pyridine rings is 2. The van der Waals surface area contributed by atoms with Gasteiger partial charge in [-0.25, -0.2) is 4.79 Å². The quantitative estimate of drug-likeness (QED) is 0.406. The molecule has 1 N–H and O–H groups in total. The van der Waals surface area contributed by atoms with Crippen molar-refractivity contribution < 1.29 is 9.53 Å². The van der Waals surface area contributed by atoms with E-state index in [9.17, 15) is 4.79 Å². The van der Waals surface area contributed by atoms with E-state index in [1.165, 1.54) is 5.56 Å². The maximum Gasteiger partial charge on any atom is 0.322 e. The van der Waals surface area contributed by atoms with Crippen LogP contribution in [0.25, 0.3) is 0 Å². The van der Waals surface area contributed by atoms with Crippen LogP contribution in [0.15, 0.2) is 97.6 Å². The van der Waals surface area contributed by atoms with Gasteiger partial charge in [0.25, 0.3) is 0 Å². The molecule has 0 unspecified atom stereocenters. The maximum atomic E-state index is 13.1. The molecule has 4 aromatic rings. The highest BCUT2D eigenvalue weighted by molar-refractivity contribution is 5.89. The van der Waals surface area contributed by atoms with Crippen LogP contribution in [0.1, 0.15) is 16.7 Å². The summed E-state index contributed by atoms with van der Waals surface area (Å²) in [6.45, 7) is 2.93. The summed E-state index contributed by atoms with van der Waals surface area (Å²) in [4.78, 5) is 23.0. The molecule has 2 amide bonds. The molecule has 0 bridgehead atoms. The second-order valence-electron chi connectivity index (χ2n) is 7.44. The summed E-state index contributed by atoms with van der Waals surface area (Å²) >= 11 is 0. The van der Waals surface area contributed by atoms with Crippen molar-refractivity contribution in [1.82, 2.24) is 14.9 Å². The van der Waals surface area contributed by atoms with E-state index in [2.05, 4.69) is 15.3 Å². The van der Waals surface area contributed by atoms with Gasteiger partial charge in [-0.2, -0.15) is 0 Å². The van der Waals surface area contributed by atoms with Crippen molar-refractivity contribution >= 4 is 11.7 Å². The van der Waals surface area contributed by atoms with Gasteiger partial charge in [0.1, 0.15) is 11.5 Å². The van der Waals surface area contributed by atoms with Gasteiger partial charge in [0.15, 0.2) is 0 Å². The second kappa shape index (κ2) is 10.2. The molecule has 2 aromatic carbocycles. The Hall–Kier alpha value is -4.19. The van der Waals surface area contributed by atoms with Crippen molar-refractivity contribution in [3.8, 4) is 11.5 Å². The number of aryl methyl sites for hydroxylation is 1. The Morgan fingerprint density at radius 2 is 1.47 bits per heavy atom. The number of ether oxygens (including phenoxy) is 1. The lowest BCUT2D eigenvalue weighted by Gasteiger charge is -2.23. The lowest BCUT2D eigenvalue weighted by atomic mass is 10.2. The number of benzene rings is 2. The van der Waals surface area contributed by atoms with Crippen molar-refractivity contribution in [2.45, 2.75) is 20.0 Å². The SMILES string of the molecule is Cc1ccc(Oc2ccc(NC(=O)N(Cc3ccncc3)Cc3cccnc3)cc2)cc1. The van der Waals surface area contributed by atoms with Gasteiger partial charge in [0.05, 0.1) is 0 Å². The van der Waals surface area contributed by atoms with Crippen LogP contribution in [0.2, 0.25) is 0 Å². The Balaban J connectivity index is 1.44. The second-order valence-corrected chi connectivity index (χ2v) is 7.44.